The van der Waals surface area contributed by atoms with Gasteiger partial charge in [0.2, 0.25) is 0 Å². The van der Waals surface area contributed by atoms with Gasteiger partial charge in [-0.2, -0.15) is 0 Å². The van der Waals surface area contributed by atoms with E-state index in [9.17, 15) is 5.11 Å². The molecule has 0 fully saturated rings. The Morgan fingerprint density at radius 3 is 2.31 bits per heavy atom. The number of hydrogen-bond acceptors (Lipinski definition) is 1. The summed E-state index contributed by atoms with van der Waals surface area (Å²) in [5.41, 5.74) is 2.96. The van der Waals surface area contributed by atoms with E-state index < -0.39 is 6.10 Å². The van der Waals surface area contributed by atoms with Crippen LogP contribution in [0.25, 0.3) is 11.1 Å². The summed E-state index contributed by atoms with van der Waals surface area (Å²) in [6.07, 6.45) is -0.545. The highest BCUT2D eigenvalue weighted by Gasteiger charge is 2.08. The molecule has 16 heavy (non-hydrogen) atoms. The fourth-order valence-electron chi connectivity index (χ4n) is 1.67. The molecule has 1 N–H and O–H groups in total. The molecule has 2 aromatic carbocycles. The van der Waals surface area contributed by atoms with Crippen LogP contribution in [0.4, 0.5) is 0 Å². The van der Waals surface area contributed by atoms with Gasteiger partial charge in [0.1, 0.15) is 0 Å². The first-order chi connectivity index (χ1) is 7.68. The maximum absolute atomic E-state index is 9.59. The van der Waals surface area contributed by atoms with Crippen molar-refractivity contribution in [3.05, 3.63) is 59.1 Å². The van der Waals surface area contributed by atoms with E-state index in [0.29, 0.717) is 5.02 Å². The van der Waals surface area contributed by atoms with Gasteiger partial charge in [0.15, 0.2) is 0 Å². The van der Waals surface area contributed by atoms with Crippen LogP contribution in [0, 0.1) is 0 Å². The molecular formula is C14H13ClO. The molecule has 0 aliphatic heterocycles. The minimum Gasteiger partial charge on any atom is -0.389 e. The lowest BCUT2D eigenvalue weighted by atomic mass is 10.0. The van der Waals surface area contributed by atoms with E-state index in [0.717, 1.165) is 16.7 Å². The maximum Gasteiger partial charge on any atom is 0.0776 e. The molecule has 1 atom stereocenters. The summed E-state index contributed by atoms with van der Waals surface area (Å²) in [6, 6.07) is 15.8. The van der Waals surface area contributed by atoms with Crippen molar-refractivity contribution in [2.24, 2.45) is 0 Å². The van der Waals surface area contributed by atoms with Crippen LogP contribution in [0.2, 0.25) is 5.02 Å². The molecule has 2 aromatic rings. The molecule has 0 aromatic heterocycles. The lowest BCUT2D eigenvalue weighted by Crippen LogP contribution is -1.92. The molecule has 0 saturated carbocycles. The van der Waals surface area contributed by atoms with Crippen molar-refractivity contribution in [3.63, 3.8) is 0 Å². The molecule has 0 amide bonds. The van der Waals surface area contributed by atoms with Crippen molar-refractivity contribution in [2.45, 2.75) is 13.0 Å². The van der Waals surface area contributed by atoms with Crippen molar-refractivity contribution in [1.29, 1.82) is 0 Å². The van der Waals surface area contributed by atoms with Crippen LogP contribution in [-0.4, -0.2) is 5.11 Å². The van der Waals surface area contributed by atoms with Gasteiger partial charge in [-0.1, -0.05) is 48.0 Å². The van der Waals surface area contributed by atoms with Crippen molar-refractivity contribution >= 4 is 11.6 Å². The molecule has 0 spiro atoms. The second-order valence-electron chi connectivity index (χ2n) is 3.78. The number of benzene rings is 2. The summed E-state index contributed by atoms with van der Waals surface area (Å²) in [6.45, 7) is 1.72. The Morgan fingerprint density at radius 1 is 1.00 bits per heavy atom. The number of aliphatic hydroxyl groups excluding tert-OH is 1. The van der Waals surface area contributed by atoms with Gasteiger partial charge in [-0.15, -0.1) is 0 Å². The minimum atomic E-state index is -0.545. The largest absolute Gasteiger partial charge is 0.389 e. The zero-order chi connectivity index (χ0) is 11.5. The molecule has 2 rings (SSSR count). The second-order valence-corrected chi connectivity index (χ2v) is 4.19. The quantitative estimate of drug-likeness (QED) is 0.828. The Morgan fingerprint density at radius 2 is 1.69 bits per heavy atom. The Hall–Kier alpha value is -1.31. The summed E-state index contributed by atoms with van der Waals surface area (Å²) in [7, 11) is 0. The number of hydrogen-bond donors (Lipinski definition) is 1. The lowest BCUT2D eigenvalue weighted by Gasteiger charge is -2.10. The molecule has 82 valence electrons. The number of rotatable bonds is 2. The van der Waals surface area contributed by atoms with E-state index >= 15 is 0 Å². The van der Waals surface area contributed by atoms with Gasteiger partial charge in [0.05, 0.1) is 6.10 Å². The van der Waals surface area contributed by atoms with Gasteiger partial charge in [-0.05, 0) is 35.7 Å². The van der Waals surface area contributed by atoms with Crippen LogP contribution in [0.1, 0.15) is 18.6 Å². The highest BCUT2D eigenvalue weighted by atomic mass is 35.5. The molecule has 0 heterocycles. The van der Waals surface area contributed by atoms with E-state index in [1.807, 2.05) is 48.5 Å². The first kappa shape index (κ1) is 11.2. The summed E-state index contributed by atoms with van der Waals surface area (Å²) < 4.78 is 0. The van der Waals surface area contributed by atoms with Crippen molar-refractivity contribution < 1.29 is 5.11 Å². The van der Waals surface area contributed by atoms with E-state index in [-0.39, 0.29) is 0 Å². The van der Waals surface area contributed by atoms with Gasteiger partial charge >= 0.3 is 0 Å². The third kappa shape index (κ3) is 2.26. The lowest BCUT2D eigenvalue weighted by molar-refractivity contribution is 0.199. The Balaban J connectivity index is 2.48. The zero-order valence-electron chi connectivity index (χ0n) is 9.02. The average Bonchev–Trinajstić information content (AvgIpc) is 2.30. The first-order valence-electron chi connectivity index (χ1n) is 5.21. The van der Waals surface area contributed by atoms with Gasteiger partial charge in [0.25, 0.3) is 0 Å². The highest BCUT2D eigenvalue weighted by Crippen LogP contribution is 2.28. The van der Waals surface area contributed by atoms with E-state index in [1.165, 1.54) is 0 Å². The number of halogens is 1. The van der Waals surface area contributed by atoms with Gasteiger partial charge in [-0.3, -0.25) is 0 Å². The molecule has 0 radical (unpaired) electrons. The SMILES string of the molecule is CC(O)c1cc(-c2ccccc2)ccc1Cl. The molecule has 0 aliphatic carbocycles. The molecule has 0 aliphatic rings. The van der Waals surface area contributed by atoms with Gasteiger partial charge in [0, 0.05) is 5.02 Å². The smallest absolute Gasteiger partial charge is 0.0776 e. The predicted octanol–water partition coefficient (Wildman–Crippen LogP) is 4.06. The van der Waals surface area contributed by atoms with Crippen LogP contribution >= 0.6 is 11.6 Å². The maximum atomic E-state index is 9.59. The molecule has 2 heteroatoms. The molecule has 0 saturated heterocycles. The van der Waals surface area contributed by atoms with Crippen molar-refractivity contribution in [1.82, 2.24) is 0 Å². The molecular weight excluding hydrogens is 220 g/mol. The standard InChI is InChI=1S/C14H13ClO/c1-10(16)13-9-12(7-8-14(13)15)11-5-3-2-4-6-11/h2-10,16H,1H3. The van der Waals surface area contributed by atoms with E-state index in [4.69, 9.17) is 11.6 Å². The third-order valence-electron chi connectivity index (χ3n) is 2.55. The monoisotopic (exact) mass is 232 g/mol. The Bertz CT molecular complexity index is 477. The van der Waals surface area contributed by atoms with Crippen molar-refractivity contribution in [2.75, 3.05) is 0 Å². The van der Waals surface area contributed by atoms with Crippen molar-refractivity contribution in [3.8, 4) is 11.1 Å². The van der Waals surface area contributed by atoms with Crippen LogP contribution in [-0.2, 0) is 0 Å². The third-order valence-corrected chi connectivity index (χ3v) is 2.90. The highest BCUT2D eigenvalue weighted by molar-refractivity contribution is 6.31. The van der Waals surface area contributed by atoms with E-state index in [2.05, 4.69) is 0 Å². The summed E-state index contributed by atoms with van der Waals surface area (Å²) >= 11 is 6.02. The predicted molar refractivity (Wildman–Crippen MR) is 67.5 cm³/mol. The Labute approximate surface area is 100 Å². The van der Waals surface area contributed by atoms with Crippen LogP contribution in [0.5, 0.6) is 0 Å². The minimum absolute atomic E-state index is 0.545. The fourth-order valence-corrected chi connectivity index (χ4v) is 1.95. The molecule has 0 bridgehead atoms. The topological polar surface area (TPSA) is 20.2 Å². The summed E-state index contributed by atoms with van der Waals surface area (Å²) in [5.74, 6) is 0. The summed E-state index contributed by atoms with van der Waals surface area (Å²) in [5, 5.41) is 10.2. The van der Waals surface area contributed by atoms with Crippen LogP contribution in [0.3, 0.4) is 0 Å². The van der Waals surface area contributed by atoms with E-state index in [1.54, 1.807) is 6.92 Å². The summed E-state index contributed by atoms with van der Waals surface area (Å²) in [4.78, 5) is 0. The first-order valence-corrected chi connectivity index (χ1v) is 5.59. The second kappa shape index (κ2) is 4.69. The average molecular weight is 233 g/mol. The molecule has 1 nitrogen and oxygen atoms in total. The normalized spacial score (nSPS) is 12.4. The Kier molecular flexibility index (Phi) is 3.28. The van der Waals surface area contributed by atoms with Gasteiger partial charge < -0.3 is 5.11 Å². The number of aliphatic hydroxyl groups is 1. The fraction of sp³-hybridized carbons (Fsp3) is 0.143. The molecule has 1 unspecified atom stereocenters. The van der Waals surface area contributed by atoms with Gasteiger partial charge in [-0.25, -0.2) is 0 Å². The van der Waals surface area contributed by atoms with Crippen LogP contribution < -0.4 is 0 Å². The zero-order valence-corrected chi connectivity index (χ0v) is 9.78. The van der Waals surface area contributed by atoms with Crippen LogP contribution in [0.15, 0.2) is 48.5 Å².